The van der Waals surface area contributed by atoms with Crippen LogP contribution >= 0.6 is 11.6 Å². The van der Waals surface area contributed by atoms with Gasteiger partial charge >= 0.3 is 0 Å². The zero-order valence-electron chi connectivity index (χ0n) is 18.0. The third-order valence-corrected chi connectivity index (χ3v) is 7.20. The summed E-state index contributed by atoms with van der Waals surface area (Å²) >= 11 is 6.20. The summed E-state index contributed by atoms with van der Waals surface area (Å²) in [5.41, 5.74) is 5.34. The maximum atomic E-state index is 12.0. The highest BCUT2D eigenvalue weighted by atomic mass is 35.5. The van der Waals surface area contributed by atoms with E-state index in [1.54, 1.807) is 0 Å². The van der Waals surface area contributed by atoms with Gasteiger partial charge in [-0.25, -0.2) is 4.21 Å². The molecule has 2 atom stereocenters. The second-order valence-corrected chi connectivity index (χ2v) is 9.48. The van der Waals surface area contributed by atoms with E-state index in [2.05, 4.69) is 22.9 Å². The smallest absolute Gasteiger partial charge is 0.257 e. The molecule has 0 bridgehead atoms. The van der Waals surface area contributed by atoms with Gasteiger partial charge in [-0.15, -0.1) is 0 Å². The zero-order valence-corrected chi connectivity index (χ0v) is 19.5. The van der Waals surface area contributed by atoms with E-state index in [4.69, 9.17) is 21.1 Å². The molecule has 5 rings (SSSR count). The largest absolute Gasteiger partial charge is 0.493 e. The Bertz CT molecular complexity index is 1290. The van der Waals surface area contributed by atoms with Gasteiger partial charge in [-0.2, -0.15) is 0 Å². The van der Waals surface area contributed by atoms with E-state index in [0.29, 0.717) is 16.5 Å². The molecule has 2 aliphatic rings. The van der Waals surface area contributed by atoms with Gasteiger partial charge in [0.2, 0.25) is 0 Å². The number of carbonyl (C=O) groups excluding carboxylic acids is 1. The summed E-state index contributed by atoms with van der Waals surface area (Å²) in [6.45, 7) is 2.53. The van der Waals surface area contributed by atoms with Crippen LogP contribution in [-0.2, 0) is 22.2 Å². The molecule has 0 radical (unpaired) electrons. The van der Waals surface area contributed by atoms with Crippen LogP contribution in [0.1, 0.15) is 36.1 Å². The van der Waals surface area contributed by atoms with E-state index in [1.165, 1.54) is 17.2 Å². The number of fused-ring (bicyclic) bond motifs is 1. The molecule has 3 aromatic rings. The molecule has 1 amide bonds. The maximum absolute atomic E-state index is 12.0. The van der Waals surface area contributed by atoms with Crippen molar-refractivity contribution < 1.29 is 18.5 Å². The highest BCUT2D eigenvalue weighted by molar-refractivity contribution is 7.93. The van der Waals surface area contributed by atoms with E-state index >= 15 is 0 Å². The average molecular weight is 480 g/mol. The fraction of sp³-hybridized carbons (Fsp3) is 0.192. The Balaban J connectivity index is 1.40. The van der Waals surface area contributed by atoms with Crippen LogP contribution in [0.5, 0.6) is 11.5 Å². The zero-order chi connectivity index (χ0) is 22.9. The number of carbonyl (C=O) groups is 1. The van der Waals surface area contributed by atoms with Crippen molar-refractivity contribution in [3.8, 4) is 22.6 Å². The molecule has 1 aliphatic heterocycles. The molecule has 1 unspecified atom stereocenters. The summed E-state index contributed by atoms with van der Waals surface area (Å²) in [4.78, 5) is 11.9. The first-order chi connectivity index (χ1) is 16.0. The van der Waals surface area contributed by atoms with Crippen molar-refractivity contribution >= 4 is 33.4 Å². The Morgan fingerprint density at radius 3 is 2.64 bits per heavy atom. The molecule has 0 saturated heterocycles. The molecule has 33 heavy (non-hydrogen) atoms. The third kappa shape index (κ3) is 4.28. The molecule has 0 aromatic heterocycles. The predicted octanol–water partition coefficient (Wildman–Crippen LogP) is 5.61. The van der Waals surface area contributed by atoms with Crippen molar-refractivity contribution in [1.82, 2.24) is 4.72 Å². The minimum absolute atomic E-state index is 0.0586. The monoisotopic (exact) mass is 479 g/mol. The van der Waals surface area contributed by atoms with Crippen molar-refractivity contribution in [1.29, 1.82) is 0 Å². The Hall–Kier alpha value is -3.09. The number of hydrogen-bond acceptors (Lipinski definition) is 4. The van der Waals surface area contributed by atoms with Crippen LogP contribution in [0.25, 0.3) is 16.0 Å². The Morgan fingerprint density at radius 2 is 1.91 bits per heavy atom. The molecule has 1 aliphatic carbocycles. The Labute approximate surface area is 200 Å². The van der Waals surface area contributed by atoms with E-state index in [9.17, 15) is 9.00 Å². The van der Waals surface area contributed by atoms with Gasteiger partial charge in [0.05, 0.1) is 11.5 Å². The standard InChI is InChI=1S/C26H22ClNO4S/c1-2-31-24-14-17(27)8-11-22(24)19-4-3-5-21-20(19)12-13-23(21)32-18-9-6-16(7-10-18)25-15-26(29)28-33(25)30/h3-11,14-15,23H,2,12-13H2,1H3,(H,28,29)/t23-,33?/m1/s1. The lowest BCUT2D eigenvalue weighted by Gasteiger charge is -2.17. The normalized spacial score (nSPS) is 19.1. The van der Waals surface area contributed by atoms with E-state index in [1.807, 2.05) is 49.4 Å². The van der Waals surface area contributed by atoms with Gasteiger partial charge in [0, 0.05) is 16.7 Å². The van der Waals surface area contributed by atoms with E-state index in [-0.39, 0.29) is 12.0 Å². The van der Waals surface area contributed by atoms with Crippen molar-refractivity contribution in [2.45, 2.75) is 25.9 Å². The second kappa shape index (κ2) is 9.04. The lowest BCUT2D eigenvalue weighted by molar-refractivity contribution is -0.114. The molecule has 0 saturated carbocycles. The van der Waals surface area contributed by atoms with Gasteiger partial charge in [0.1, 0.15) is 17.6 Å². The fourth-order valence-electron chi connectivity index (χ4n) is 4.39. The molecule has 0 fully saturated rings. The highest BCUT2D eigenvalue weighted by Gasteiger charge is 2.28. The Morgan fingerprint density at radius 1 is 1.09 bits per heavy atom. The minimum atomic E-state index is -1.51. The van der Waals surface area contributed by atoms with Crippen LogP contribution in [-0.4, -0.2) is 16.7 Å². The molecular formula is C26H22ClNO4S. The summed E-state index contributed by atoms with van der Waals surface area (Å²) in [5.74, 6) is 1.17. The number of halogens is 1. The van der Waals surface area contributed by atoms with Crippen LogP contribution in [0.2, 0.25) is 5.02 Å². The molecule has 0 spiro atoms. The van der Waals surface area contributed by atoms with Crippen molar-refractivity contribution in [3.05, 3.63) is 88.5 Å². The number of hydrogen-bond donors (Lipinski definition) is 1. The van der Waals surface area contributed by atoms with Gasteiger partial charge in [0.25, 0.3) is 5.91 Å². The predicted molar refractivity (Wildman–Crippen MR) is 130 cm³/mol. The van der Waals surface area contributed by atoms with Crippen LogP contribution in [0, 0.1) is 0 Å². The van der Waals surface area contributed by atoms with Gasteiger partial charge in [-0.05, 0) is 72.4 Å². The lowest BCUT2D eigenvalue weighted by Crippen LogP contribution is -2.16. The molecule has 168 valence electrons. The summed E-state index contributed by atoms with van der Waals surface area (Å²) in [5, 5.41) is 0.650. The molecule has 3 aromatic carbocycles. The summed E-state index contributed by atoms with van der Waals surface area (Å²) in [6.07, 6.45) is 3.09. The van der Waals surface area contributed by atoms with Gasteiger partial charge in [0.15, 0.2) is 11.0 Å². The van der Waals surface area contributed by atoms with E-state index in [0.717, 1.165) is 41.0 Å². The summed E-state index contributed by atoms with van der Waals surface area (Å²) in [6, 6.07) is 19.4. The summed E-state index contributed by atoms with van der Waals surface area (Å²) in [7, 11) is -1.51. The number of amides is 1. The first kappa shape index (κ1) is 21.7. The van der Waals surface area contributed by atoms with Gasteiger partial charge in [-0.3, -0.25) is 9.52 Å². The molecule has 5 nitrogen and oxygen atoms in total. The second-order valence-electron chi connectivity index (χ2n) is 7.86. The third-order valence-electron chi connectivity index (χ3n) is 5.82. The van der Waals surface area contributed by atoms with Gasteiger partial charge in [-0.1, -0.05) is 41.9 Å². The lowest BCUT2D eigenvalue weighted by atomic mass is 9.96. The maximum Gasteiger partial charge on any atom is 0.257 e. The van der Waals surface area contributed by atoms with Gasteiger partial charge < -0.3 is 9.47 Å². The van der Waals surface area contributed by atoms with Crippen LogP contribution in [0.15, 0.2) is 66.7 Å². The SMILES string of the molecule is CCOc1cc(Cl)ccc1-c1cccc2c1CC[C@H]2Oc1ccc(C2=CC(=O)NS2=O)cc1. The van der Waals surface area contributed by atoms with Crippen molar-refractivity contribution in [3.63, 3.8) is 0 Å². The first-order valence-corrected chi connectivity index (χ1v) is 12.3. The Kier molecular flexibility index (Phi) is 5.96. The quantitative estimate of drug-likeness (QED) is 0.499. The topological polar surface area (TPSA) is 64.6 Å². The van der Waals surface area contributed by atoms with E-state index < -0.39 is 11.0 Å². The average Bonchev–Trinajstić information content (AvgIpc) is 3.37. The fourth-order valence-corrected chi connectivity index (χ4v) is 5.46. The number of benzene rings is 3. The molecule has 1 N–H and O–H groups in total. The van der Waals surface area contributed by atoms with Crippen molar-refractivity contribution in [2.75, 3.05) is 6.61 Å². The van der Waals surface area contributed by atoms with Crippen LogP contribution in [0.3, 0.4) is 0 Å². The number of rotatable bonds is 6. The van der Waals surface area contributed by atoms with Crippen LogP contribution < -0.4 is 14.2 Å². The molecular weight excluding hydrogens is 458 g/mol. The minimum Gasteiger partial charge on any atom is -0.493 e. The highest BCUT2D eigenvalue weighted by Crippen LogP contribution is 2.43. The molecule has 1 heterocycles. The van der Waals surface area contributed by atoms with Crippen LogP contribution in [0.4, 0.5) is 0 Å². The summed E-state index contributed by atoms with van der Waals surface area (Å²) < 4.78 is 26.5. The number of nitrogens with one attached hydrogen (secondary N) is 1. The number of ether oxygens (including phenoxy) is 2. The van der Waals surface area contributed by atoms with Crippen molar-refractivity contribution in [2.24, 2.45) is 0 Å². The first-order valence-electron chi connectivity index (χ1n) is 10.8. The molecule has 7 heteroatoms.